The number of carboxylic acid groups (broad SMARTS) is 1. The number of rotatable bonds is 7. The van der Waals surface area contributed by atoms with E-state index in [2.05, 4.69) is 22.8 Å². The first-order valence-corrected chi connectivity index (χ1v) is 12.0. The van der Waals surface area contributed by atoms with Gasteiger partial charge in [-0.05, 0) is 47.4 Å². The molecule has 3 atom stereocenters. The van der Waals surface area contributed by atoms with Gasteiger partial charge in [0.2, 0.25) is 5.91 Å². The van der Waals surface area contributed by atoms with Crippen LogP contribution in [0.4, 0.5) is 4.79 Å². The van der Waals surface area contributed by atoms with Crippen molar-refractivity contribution >= 4 is 18.0 Å². The van der Waals surface area contributed by atoms with Crippen molar-refractivity contribution in [3.63, 3.8) is 0 Å². The maximum absolute atomic E-state index is 12.9. The topological polar surface area (TPSA) is 105 Å². The molecular formula is C27H32N2O5. The molecule has 0 spiro atoms. The highest BCUT2D eigenvalue weighted by Gasteiger charge is 2.44. The van der Waals surface area contributed by atoms with Crippen LogP contribution >= 0.6 is 0 Å². The summed E-state index contributed by atoms with van der Waals surface area (Å²) in [6.45, 7) is 3.91. The van der Waals surface area contributed by atoms with E-state index in [0.717, 1.165) is 35.1 Å². The summed E-state index contributed by atoms with van der Waals surface area (Å²) in [5, 5.41) is 15.2. The summed E-state index contributed by atoms with van der Waals surface area (Å²) in [6, 6.07) is 15.3. The summed E-state index contributed by atoms with van der Waals surface area (Å²) in [7, 11) is 0. The monoisotopic (exact) mass is 464 g/mol. The molecule has 3 unspecified atom stereocenters. The lowest BCUT2D eigenvalue weighted by atomic mass is 9.76. The van der Waals surface area contributed by atoms with Crippen LogP contribution in [-0.2, 0) is 14.3 Å². The van der Waals surface area contributed by atoms with E-state index in [-0.39, 0.29) is 18.4 Å². The Kier molecular flexibility index (Phi) is 6.91. The molecule has 34 heavy (non-hydrogen) atoms. The molecule has 0 aromatic heterocycles. The van der Waals surface area contributed by atoms with Gasteiger partial charge in [0.25, 0.3) is 0 Å². The van der Waals surface area contributed by atoms with Gasteiger partial charge in [-0.1, -0.05) is 75.2 Å². The van der Waals surface area contributed by atoms with Crippen molar-refractivity contribution in [2.45, 2.75) is 63.5 Å². The Bertz CT molecular complexity index is 1040. The van der Waals surface area contributed by atoms with Gasteiger partial charge in [-0.15, -0.1) is 0 Å². The molecule has 0 radical (unpaired) electrons. The summed E-state index contributed by atoms with van der Waals surface area (Å²) in [6.07, 6.45) is 2.09. The van der Waals surface area contributed by atoms with E-state index in [4.69, 9.17) is 4.74 Å². The molecule has 0 heterocycles. The van der Waals surface area contributed by atoms with E-state index in [9.17, 15) is 19.5 Å². The van der Waals surface area contributed by atoms with E-state index >= 15 is 0 Å². The average molecular weight is 465 g/mol. The summed E-state index contributed by atoms with van der Waals surface area (Å²) in [5.74, 6) is -1.39. The van der Waals surface area contributed by atoms with Crippen molar-refractivity contribution in [2.24, 2.45) is 5.92 Å². The predicted molar refractivity (Wildman–Crippen MR) is 128 cm³/mol. The number of benzene rings is 2. The first-order valence-electron chi connectivity index (χ1n) is 12.0. The minimum absolute atomic E-state index is 0.0777. The summed E-state index contributed by atoms with van der Waals surface area (Å²) in [4.78, 5) is 37.6. The minimum Gasteiger partial charge on any atom is -0.480 e. The minimum atomic E-state index is -1.29. The average Bonchev–Trinajstić information content (AvgIpc) is 3.14. The van der Waals surface area contributed by atoms with Crippen molar-refractivity contribution in [3.05, 3.63) is 59.7 Å². The summed E-state index contributed by atoms with van der Waals surface area (Å²) < 4.78 is 5.56. The second-order valence-corrected chi connectivity index (χ2v) is 9.51. The summed E-state index contributed by atoms with van der Waals surface area (Å²) >= 11 is 0. The van der Waals surface area contributed by atoms with Crippen molar-refractivity contribution < 1.29 is 24.2 Å². The number of carbonyl (C=O) groups excluding carboxylic acids is 2. The lowest BCUT2D eigenvalue weighted by Crippen LogP contribution is -2.60. The molecule has 2 aromatic rings. The highest BCUT2D eigenvalue weighted by molar-refractivity contribution is 5.91. The Morgan fingerprint density at radius 2 is 1.71 bits per heavy atom. The molecule has 0 aliphatic heterocycles. The van der Waals surface area contributed by atoms with Gasteiger partial charge in [0, 0.05) is 5.92 Å². The zero-order chi connectivity index (χ0) is 24.3. The maximum atomic E-state index is 12.9. The SMILES string of the molecule is CCC(NC(=O)OCC1c2ccccc2-c2ccccc21)C(=O)NC1(C(=O)O)CCCC(C)C1. The van der Waals surface area contributed by atoms with Crippen molar-refractivity contribution in [1.29, 1.82) is 0 Å². The molecule has 180 valence electrons. The van der Waals surface area contributed by atoms with Crippen LogP contribution in [0, 0.1) is 5.92 Å². The van der Waals surface area contributed by atoms with Gasteiger partial charge in [-0.2, -0.15) is 0 Å². The second-order valence-electron chi connectivity index (χ2n) is 9.51. The highest BCUT2D eigenvalue weighted by Crippen LogP contribution is 2.44. The van der Waals surface area contributed by atoms with Gasteiger partial charge in [-0.25, -0.2) is 9.59 Å². The highest BCUT2D eigenvalue weighted by atomic mass is 16.5. The molecule has 7 nitrogen and oxygen atoms in total. The number of ether oxygens (including phenoxy) is 1. The van der Waals surface area contributed by atoms with Crippen LogP contribution in [0.15, 0.2) is 48.5 Å². The number of aliphatic carboxylic acids is 1. The maximum Gasteiger partial charge on any atom is 0.407 e. The first-order chi connectivity index (χ1) is 16.3. The van der Waals surface area contributed by atoms with Crippen LogP contribution in [0.2, 0.25) is 0 Å². The molecule has 3 N–H and O–H groups in total. The van der Waals surface area contributed by atoms with Crippen LogP contribution in [0.5, 0.6) is 0 Å². The van der Waals surface area contributed by atoms with Crippen LogP contribution in [0.3, 0.4) is 0 Å². The molecule has 2 aliphatic carbocycles. The zero-order valence-corrected chi connectivity index (χ0v) is 19.7. The van der Waals surface area contributed by atoms with Gasteiger partial charge >= 0.3 is 12.1 Å². The van der Waals surface area contributed by atoms with Crippen molar-refractivity contribution in [1.82, 2.24) is 10.6 Å². The number of carboxylic acids is 1. The van der Waals surface area contributed by atoms with Crippen LogP contribution in [-0.4, -0.2) is 41.3 Å². The van der Waals surface area contributed by atoms with Crippen LogP contribution in [0.25, 0.3) is 11.1 Å². The quantitative estimate of drug-likeness (QED) is 0.561. The van der Waals surface area contributed by atoms with Crippen LogP contribution in [0.1, 0.15) is 63.0 Å². The van der Waals surface area contributed by atoms with Gasteiger partial charge in [0.05, 0.1) is 0 Å². The number of hydrogen-bond donors (Lipinski definition) is 3. The lowest BCUT2D eigenvalue weighted by Gasteiger charge is -2.37. The Hall–Kier alpha value is -3.35. The zero-order valence-electron chi connectivity index (χ0n) is 19.7. The van der Waals surface area contributed by atoms with E-state index < -0.39 is 29.6 Å². The third-order valence-corrected chi connectivity index (χ3v) is 7.13. The number of carbonyl (C=O) groups is 3. The fraction of sp³-hybridized carbons (Fsp3) is 0.444. The van der Waals surface area contributed by atoms with Crippen molar-refractivity contribution in [3.8, 4) is 11.1 Å². The first kappa shape index (κ1) is 23.8. The fourth-order valence-electron chi connectivity index (χ4n) is 5.37. The molecule has 1 saturated carbocycles. The molecule has 0 bridgehead atoms. The second kappa shape index (κ2) is 9.87. The fourth-order valence-corrected chi connectivity index (χ4v) is 5.37. The third kappa shape index (κ3) is 4.65. The molecule has 2 aliphatic rings. The molecule has 0 saturated heterocycles. The Morgan fingerprint density at radius 3 is 2.26 bits per heavy atom. The van der Waals surface area contributed by atoms with E-state index in [1.807, 2.05) is 43.3 Å². The largest absolute Gasteiger partial charge is 0.480 e. The lowest BCUT2D eigenvalue weighted by molar-refractivity contribution is -0.150. The number of amides is 2. The molecule has 1 fully saturated rings. The number of alkyl carbamates (subject to hydrolysis) is 1. The molecule has 2 amide bonds. The predicted octanol–water partition coefficient (Wildman–Crippen LogP) is 4.45. The summed E-state index contributed by atoms with van der Waals surface area (Å²) in [5.41, 5.74) is 3.20. The van der Waals surface area contributed by atoms with E-state index in [1.165, 1.54) is 0 Å². The van der Waals surface area contributed by atoms with Gasteiger partial charge in [-0.3, -0.25) is 4.79 Å². The number of nitrogens with one attached hydrogen (secondary N) is 2. The molecular weight excluding hydrogens is 432 g/mol. The smallest absolute Gasteiger partial charge is 0.407 e. The normalized spacial score (nSPS) is 22.2. The van der Waals surface area contributed by atoms with Gasteiger partial charge < -0.3 is 20.5 Å². The Balaban J connectivity index is 1.39. The standard InChI is InChI=1S/C27H32N2O5/c1-3-23(24(30)29-27(25(31)32)14-8-9-17(2)15-27)28-26(33)34-16-22-20-12-6-4-10-18(20)19-11-5-7-13-21(19)22/h4-7,10-13,17,22-23H,3,8-9,14-16H2,1-2H3,(H,28,33)(H,29,30)(H,31,32). The molecule has 4 rings (SSSR count). The van der Waals surface area contributed by atoms with Gasteiger partial charge in [0.15, 0.2) is 0 Å². The molecule has 7 heteroatoms. The van der Waals surface area contributed by atoms with Crippen molar-refractivity contribution in [2.75, 3.05) is 6.61 Å². The van der Waals surface area contributed by atoms with Crippen LogP contribution < -0.4 is 10.6 Å². The van der Waals surface area contributed by atoms with Gasteiger partial charge in [0.1, 0.15) is 18.2 Å². The Morgan fingerprint density at radius 1 is 1.09 bits per heavy atom. The van der Waals surface area contributed by atoms with E-state index in [0.29, 0.717) is 19.3 Å². The molecule has 2 aromatic carbocycles. The third-order valence-electron chi connectivity index (χ3n) is 7.13. The number of fused-ring (bicyclic) bond motifs is 3. The number of hydrogen-bond acceptors (Lipinski definition) is 4. The van der Waals surface area contributed by atoms with E-state index in [1.54, 1.807) is 6.92 Å². The Labute approximate surface area is 199 Å².